The lowest BCUT2D eigenvalue weighted by Gasteiger charge is -2.60. The highest BCUT2D eigenvalue weighted by molar-refractivity contribution is 5.77. The average Bonchev–Trinajstić information content (AvgIpc) is 3.41. The Hall–Kier alpha value is -0.850. The fraction of sp³-hybridized carbons (Fsp3) is 0.960. The Kier molecular flexibility index (Phi) is 4.36. The zero-order valence-corrected chi connectivity index (χ0v) is 21.0. The lowest BCUT2D eigenvalue weighted by atomic mass is 9.52. The first kappa shape index (κ1) is 24.5. The molecule has 12 atom stereocenters. The summed E-state index contributed by atoms with van der Waals surface area (Å²) in [4.78, 5) is 13.3. The molecule has 1 spiro atoms. The molecule has 35 heavy (non-hydrogen) atoms. The molecule has 7 rings (SSSR count). The lowest BCUT2D eigenvalue weighted by Crippen LogP contribution is -2.75. The maximum Gasteiger partial charge on any atom is 0.323 e. The van der Waals surface area contributed by atoms with Crippen LogP contribution in [0.5, 0.6) is 0 Å². The molecule has 0 amide bonds. The minimum absolute atomic E-state index is 0.0868. The van der Waals surface area contributed by atoms with Crippen molar-refractivity contribution in [3.05, 3.63) is 0 Å². The third kappa shape index (κ3) is 1.84. The Morgan fingerprint density at radius 1 is 1.11 bits per heavy atom. The number of carbonyl (C=O) groups excluding carboxylic acids is 1. The molecule has 7 aliphatic rings. The maximum absolute atomic E-state index is 13.3. The number of aliphatic hydroxyl groups excluding tert-OH is 1. The van der Waals surface area contributed by atoms with Crippen LogP contribution in [0.3, 0.4) is 0 Å². The number of nitrogens with one attached hydrogen (secondary N) is 1. The smallest absolute Gasteiger partial charge is 0.323 e. The molecule has 7 fully saturated rings. The summed E-state index contributed by atoms with van der Waals surface area (Å²) in [5.41, 5.74) is -15.0. The van der Waals surface area contributed by atoms with Crippen LogP contribution in [0, 0.1) is 22.7 Å². The van der Waals surface area contributed by atoms with Gasteiger partial charge in [0.2, 0.25) is 0 Å². The summed E-state index contributed by atoms with van der Waals surface area (Å²) in [6.45, 7) is 8.66. The summed E-state index contributed by atoms with van der Waals surface area (Å²) in [5, 5.41) is 77.1. The van der Waals surface area contributed by atoms with E-state index in [1.54, 1.807) is 20.8 Å². The van der Waals surface area contributed by atoms with Crippen LogP contribution >= 0.6 is 0 Å². The van der Waals surface area contributed by atoms with Crippen molar-refractivity contribution in [3.63, 3.8) is 0 Å². The van der Waals surface area contributed by atoms with E-state index < -0.39 is 80.7 Å². The van der Waals surface area contributed by atoms with Crippen molar-refractivity contribution in [3.8, 4) is 0 Å². The molecule has 10 heteroatoms. The van der Waals surface area contributed by atoms with Crippen molar-refractivity contribution in [1.29, 1.82) is 0 Å². The van der Waals surface area contributed by atoms with Gasteiger partial charge in [0.1, 0.15) is 28.4 Å². The number of carbonyl (C=O) groups is 1. The largest absolute Gasteiger partial charge is 0.455 e. The van der Waals surface area contributed by atoms with Crippen LogP contribution in [0.25, 0.3) is 0 Å². The van der Waals surface area contributed by atoms with E-state index >= 15 is 0 Å². The molecule has 0 aromatic carbocycles. The summed E-state index contributed by atoms with van der Waals surface area (Å²) < 4.78 is 12.2. The topological polar surface area (TPSA) is 169 Å². The zero-order valence-electron chi connectivity index (χ0n) is 21.0. The summed E-state index contributed by atoms with van der Waals surface area (Å²) >= 11 is 0. The molecule has 7 N–H and O–H groups in total. The quantitative estimate of drug-likeness (QED) is 0.238. The van der Waals surface area contributed by atoms with Crippen LogP contribution in [0.15, 0.2) is 0 Å². The first-order valence-corrected chi connectivity index (χ1v) is 13.0. The molecule has 1 unspecified atom stereocenters. The predicted molar refractivity (Wildman–Crippen MR) is 120 cm³/mol. The van der Waals surface area contributed by atoms with Crippen molar-refractivity contribution in [2.45, 2.75) is 119 Å². The zero-order chi connectivity index (χ0) is 25.8. The van der Waals surface area contributed by atoms with E-state index in [0.29, 0.717) is 19.4 Å². The number of hydrogen-bond donors (Lipinski definition) is 7. The molecule has 10 nitrogen and oxygen atoms in total. The van der Waals surface area contributed by atoms with Crippen molar-refractivity contribution in [2.75, 3.05) is 6.54 Å². The molecule has 3 aliphatic heterocycles. The van der Waals surface area contributed by atoms with Gasteiger partial charge in [-0.2, -0.15) is 0 Å². The van der Waals surface area contributed by atoms with Gasteiger partial charge in [-0.25, -0.2) is 0 Å². The predicted octanol–water partition coefficient (Wildman–Crippen LogP) is -1.08. The summed E-state index contributed by atoms with van der Waals surface area (Å²) in [6.07, 6.45) is -1.70. The second-order valence-electron chi connectivity index (χ2n) is 13.0. The van der Waals surface area contributed by atoms with Crippen LogP contribution in [-0.4, -0.2) is 95.2 Å². The highest BCUT2D eigenvalue weighted by atomic mass is 16.7. The Bertz CT molecular complexity index is 1000. The Labute approximate surface area is 204 Å². The standard InChI is InChI=1S/C25H39NO9/c1-12(2)22(31)17(34-16(28)14-7-6-10-26-14)23(32)18(4)11-21(30)19(22,5)25(23,33)24(35-21)15(27)13(3)8-9-20(18,24)29/h12-15,17,26-27,29-33H,6-11H2,1-5H3/t13-,14?,15+,17+,18-,19-,20-,21-,22+,23+,24+,25+/m0/s1. The minimum Gasteiger partial charge on any atom is -0.455 e. The second-order valence-corrected chi connectivity index (χ2v) is 13.0. The van der Waals surface area contributed by atoms with E-state index in [-0.39, 0.29) is 12.8 Å². The maximum atomic E-state index is 13.3. The third-order valence-electron chi connectivity index (χ3n) is 11.8. The molecule has 4 aliphatic carbocycles. The van der Waals surface area contributed by atoms with Gasteiger partial charge >= 0.3 is 5.97 Å². The van der Waals surface area contributed by atoms with Crippen molar-refractivity contribution in [2.24, 2.45) is 22.7 Å². The van der Waals surface area contributed by atoms with E-state index in [1.165, 1.54) is 13.8 Å². The Morgan fingerprint density at radius 2 is 1.77 bits per heavy atom. The van der Waals surface area contributed by atoms with Crippen molar-refractivity contribution < 1.29 is 44.9 Å². The fourth-order valence-corrected chi connectivity index (χ4v) is 10.0. The van der Waals surface area contributed by atoms with Crippen molar-refractivity contribution >= 4 is 5.97 Å². The Morgan fingerprint density at radius 3 is 2.34 bits per heavy atom. The molecule has 0 aromatic heterocycles. The summed E-state index contributed by atoms with van der Waals surface area (Å²) in [5.74, 6) is -4.06. The first-order chi connectivity index (χ1) is 16.0. The van der Waals surface area contributed by atoms with E-state index in [1.807, 2.05) is 0 Å². The summed E-state index contributed by atoms with van der Waals surface area (Å²) in [7, 11) is 0. The number of hydrogen-bond acceptors (Lipinski definition) is 10. The minimum atomic E-state index is -2.55. The van der Waals surface area contributed by atoms with Gasteiger partial charge in [-0.05, 0) is 51.0 Å². The van der Waals surface area contributed by atoms with Gasteiger partial charge < -0.3 is 45.4 Å². The number of aliphatic hydroxyl groups is 6. The number of esters is 1. The van der Waals surface area contributed by atoms with E-state index in [4.69, 9.17) is 9.47 Å². The molecular weight excluding hydrogens is 458 g/mol. The van der Waals surface area contributed by atoms with Crippen molar-refractivity contribution in [1.82, 2.24) is 5.32 Å². The molecule has 0 radical (unpaired) electrons. The number of rotatable bonds is 3. The molecule has 0 aromatic rings. The van der Waals surface area contributed by atoms with Gasteiger partial charge in [0, 0.05) is 11.8 Å². The molecule has 4 saturated carbocycles. The lowest BCUT2D eigenvalue weighted by molar-refractivity contribution is -0.390. The molecule has 198 valence electrons. The first-order valence-electron chi connectivity index (χ1n) is 13.0. The fourth-order valence-electron chi connectivity index (χ4n) is 10.0. The Balaban J connectivity index is 1.66. The van der Waals surface area contributed by atoms with Gasteiger partial charge in [-0.3, -0.25) is 4.79 Å². The van der Waals surface area contributed by atoms with E-state index in [0.717, 1.165) is 6.42 Å². The van der Waals surface area contributed by atoms with Gasteiger partial charge in [-0.15, -0.1) is 0 Å². The van der Waals surface area contributed by atoms with Gasteiger partial charge in [0.15, 0.2) is 17.5 Å². The normalized spacial score (nSPS) is 64.2. The van der Waals surface area contributed by atoms with Crippen LogP contribution in [0.1, 0.15) is 66.7 Å². The van der Waals surface area contributed by atoms with Gasteiger partial charge in [0.25, 0.3) is 0 Å². The number of ether oxygens (including phenoxy) is 2. The average molecular weight is 498 g/mol. The SMILES string of the molecule is CC(C)[C@@]1(O)[C@@H](OC(=O)C2CCCN2)[C@@]2(O)[C@@]3(C)C[C@]4(O)O[C@@]5([C@H](O)[C@@H](C)CC[C@]35O)[C@@]2(O)[C@]14C. The molecule has 3 saturated heterocycles. The van der Waals surface area contributed by atoms with Crippen LogP contribution in [-0.2, 0) is 14.3 Å². The van der Waals surface area contributed by atoms with E-state index in [9.17, 15) is 35.4 Å². The van der Waals surface area contributed by atoms with Crippen LogP contribution in [0.4, 0.5) is 0 Å². The molecular formula is C25H39NO9. The molecule has 6 bridgehead atoms. The van der Waals surface area contributed by atoms with Crippen LogP contribution in [0.2, 0.25) is 0 Å². The highest BCUT2D eigenvalue weighted by Crippen LogP contribution is 2.90. The molecule has 3 heterocycles. The van der Waals surface area contributed by atoms with Crippen LogP contribution < -0.4 is 5.32 Å². The van der Waals surface area contributed by atoms with E-state index in [2.05, 4.69) is 5.32 Å². The monoisotopic (exact) mass is 497 g/mol. The van der Waals surface area contributed by atoms with Gasteiger partial charge in [-0.1, -0.05) is 27.7 Å². The second kappa shape index (κ2) is 6.23. The van der Waals surface area contributed by atoms with Gasteiger partial charge in [0.05, 0.1) is 11.5 Å². The summed E-state index contributed by atoms with van der Waals surface area (Å²) in [6, 6.07) is -0.633. The third-order valence-corrected chi connectivity index (χ3v) is 11.8. The highest BCUT2D eigenvalue weighted by Gasteiger charge is 3.10.